The fourth-order valence-corrected chi connectivity index (χ4v) is 1.35. The maximum atomic E-state index is 11.7. The quantitative estimate of drug-likeness (QED) is 0.689. The topological polar surface area (TPSA) is 34.9 Å². The van der Waals surface area contributed by atoms with Crippen LogP contribution in [-0.4, -0.2) is 9.78 Å². The summed E-state index contributed by atoms with van der Waals surface area (Å²) < 4.78 is 1.46. The third-order valence-electron chi connectivity index (χ3n) is 2.06. The van der Waals surface area contributed by atoms with Crippen LogP contribution in [-0.2, 0) is 6.54 Å². The van der Waals surface area contributed by atoms with Crippen LogP contribution in [0.2, 0.25) is 0 Å². The molecule has 0 amide bonds. The first-order valence-electron chi connectivity index (χ1n) is 4.28. The SMILES string of the molecule is C.CCn1ncc2ccccc2c1=O. The summed E-state index contributed by atoms with van der Waals surface area (Å²) in [4.78, 5) is 11.7. The van der Waals surface area contributed by atoms with Gasteiger partial charge in [0.05, 0.1) is 11.6 Å². The standard InChI is InChI=1S/C10H10N2O.CH4/c1-2-12-10(13)9-6-4-3-5-8(9)7-11-12;/h3-7H,2H2,1H3;1H4. The lowest BCUT2D eigenvalue weighted by Gasteiger charge is -2.01. The fourth-order valence-electron chi connectivity index (χ4n) is 1.35. The zero-order valence-corrected chi connectivity index (χ0v) is 7.40. The minimum Gasteiger partial charge on any atom is -0.267 e. The summed E-state index contributed by atoms with van der Waals surface area (Å²) in [5.41, 5.74) is -0.0133. The maximum Gasteiger partial charge on any atom is 0.274 e. The van der Waals surface area contributed by atoms with Crippen molar-refractivity contribution in [3.8, 4) is 0 Å². The molecule has 1 aromatic carbocycles. The molecule has 2 rings (SSSR count). The minimum absolute atomic E-state index is 0. The first kappa shape index (κ1) is 10.4. The summed E-state index contributed by atoms with van der Waals surface area (Å²) in [5, 5.41) is 5.66. The van der Waals surface area contributed by atoms with E-state index in [2.05, 4.69) is 5.10 Å². The molecule has 3 heteroatoms. The normalized spacial score (nSPS) is 9.79. The van der Waals surface area contributed by atoms with Gasteiger partial charge in [-0.15, -0.1) is 0 Å². The number of benzene rings is 1. The van der Waals surface area contributed by atoms with Crippen LogP contribution in [0.3, 0.4) is 0 Å². The van der Waals surface area contributed by atoms with E-state index in [1.807, 2.05) is 31.2 Å². The van der Waals surface area contributed by atoms with Crippen molar-refractivity contribution in [3.05, 3.63) is 40.8 Å². The Morgan fingerprint density at radius 1 is 1.36 bits per heavy atom. The van der Waals surface area contributed by atoms with Crippen molar-refractivity contribution in [3.63, 3.8) is 0 Å². The molecule has 2 aromatic rings. The zero-order chi connectivity index (χ0) is 9.26. The van der Waals surface area contributed by atoms with E-state index in [9.17, 15) is 4.79 Å². The van der Waals surface area contributed by atoms with Crippen LogP contribution in [0.15, 0.2) is 35.3 Å². The molecule has 0 saturated heterocycles. The lowest BCUT2D eigenvalue weighted by atomic mass is 10.2. The van der Waals surface area contributed by atoms with E-state index in [1.54, 1.807) is 6.20 Å². The first-order chi connectivity index (χ1) is 6.33. The van der Waals surface area contributed by atoms with Crippen LogP contribution in [0.25, 0.3) is 10.8 Å². The molecule has 0 unspecified atom stereocenters. The van der Waals surface area contributed by atoms with Crippen molar-refractivity contribution in [1.82, 2.24) is 9.78 Å². The van der Waals surface area contributed by atoms with Gasteiger partial charge in [0.15, 0.2) is 0 Å². The van der Waals surface area contributed by atoms with E-state index in [0.717, 1.165) is 10.8 Å². The molecule has 0 aliphatic rings. The number of hydrogen-bond donors (Lipinski definition) is 0. The van der Waals surface area contributed by atoms with E-state index < -0.39 is 0 Å². The van der Waals surface area contributed by atoms with Gasteiger partial charge in [0.1, 0.15) is 0 Å². The second-order valence-electron chi connectivity index (χ2n) is 2.85. The van der Waals surface area contributed by atoms with Crippen molar-refractivity contribution in [2.75, 3.05) is 0 Å². The zero-order valence-electron chi connectivity index (χ0n) is 7.40. The molecule has 74 valence electrons. The van der Waals surface area contributed by atoms with E-state index in [0.29, 0.717) is 6.54 Å². The summed E-state index contributed by atoms with van der Waals surface area (Å²) in [7, 11) is 0. The molecule has 0 N–H and O–H groups in total. The van der Waals surface area contributed by atoms with Gasteiger partial charge < -0.3 is 0 Å². The Labute approximate surface area is 83.0 Å². The van der Waals surface area contributed by atoms with Gasteiger partial charge in [0.2, 0.25) is 0 Å². The molecule has 0 aliphatic heterocycles. The summed E-state index contributed by atoms with van der Waals surface area (Å²) >= 11 is 0. The lowest BCUT2D eigenvalue weighted by Crippen LogP contribution is -2.21. The Bertz CT molecular complexity index is 488. The van der Waals surface area contributed by atoms with Crippen molar-refractivity contribution in [2.45, 2.75) is 20.9 Å². The predicted molar refractivity (Wildman–Crippen MR) is 58.4 cm³/mol. The highest BCUT2D eigenvalue weighted by Gasteiger charge is 1.99. The second kappa shape index (κ2) is 4.05. The molecule has 0 saturated carbocycles. The number of aromatic nitrogens is 2. The molecule has 0 aliphatic carbocycles. The Hall–Kier alpha value is -1.64. The van der Waals surface area contributed by atoms with Gasteiger partial charge in [-0.2, -0.15) is 5.10 Å². The van der Waals surface area contributed by atoms with Crippen molar-refractivity contribution >= 4 is 10.8 Å². The molecule has 3 nitrogen and oxygen atoms in total. The summed E-state index contributed by atoms with van der Waals surface area (Å²) in [6.07, 6.45) is 1.72. The van der Waals surface area contributed by atoms with Gasteiger partial charge in [-0.05, 0) is 13.0 Å². The molecule has 0 bridgehead atoms. The Morgan fingerprint density at radius 3 is 2.79 bits per heavy atom. The second-order valence-corrected chi connectivity index (χ2v) is 2.85. The van der Waals surface area contributed by atoms with Gasteiger partial charge >= 0.3 is 0 Å². The van der Waals surface area contributed by atoms with Crippen LogP contribution >= 0.6 is 0 Å². The number of fused-ring (bicyclic) bond motifs is 1. The summed E-state index contributed by atoms with van der Waals surface area (Å²) in [6, 6.07) is 7.48. The first-order valence-corrected chi connectivity index (χ1v) is 4.28. The van der Waals surface area contributed by atoms with Crippen molar-refractivity contribution < 1.29 is 0 Å². The molecule has 14 heavy (non-hydrogen) atoms. The number of hydrogen-bond acceptors (Lipinski definition) is 2. The molecule has 1 heterocycles. The number of rotatable bonds is 1. The molecular formula is C11H14N2O. The van der Waals surface area contributed by atoms with Crippen molar-refractivity contribution in [1.29, 1.82) is 0 Å². The summed E-state index contributed by atoms with van der Waals surface area (Å²) in [5.74, 6) is 0. The molecule has 0 spiro atoms. The highest BCUT2D eigenvalue weighted by molar-refractivity contribution is 5.80. The fraction of sp³-hybridized carbons (Fsp3) is 0.273. The third-order valence-corrected chi connectivity index (χ3v) is 2.06. The molecular weight excluding hydrogens is 176 g/mol. The van der Waals surface area contributed by atoms with Crippen LogP contribution < -0.4 is 5.56 Å². The van der Waals surface area contributed by atoms with Crippen LogP contribution in [0.5, 0.6) is 0 Å². The van der Waals surface area contributed by atoms with Gasteiger partial charge in [0.25, 0.3) is 5.56 Å². The predicted octanol–water partition coefficient (Wildman–Crippen LogP) is 2.05. The van der Waals surface area contributed by atoms with E-state index in [-0.39, 0.29) is 13.0 Å². The molecule has 1 aromatic heterocycles. The van der Waals surface area contributed by atoms with Gasteiger partial charge in [-0.25, -0.2) is 4.68 Å². The smallest absolute Gasteiger partial charge is 0.267 e. The van der Waals surface area contributed by atoms with Crippen LogP contribution in [0, 0.1) is 0 Å². The Balaban J connectivity index is 0.000000980. The summed E-state index contributed by atoms with van der Waals surface area (Å²) in [6.45, 7) is 2.52. The Kier molecular flexibility index (Phi) is 3.02. The van der Waals surface area contributed by atoms with Crippen LogP contribution in [0.4, 0.5) is 0 Å². The van der Waals surface area contributed by atoms with Gasteiger partial charge in [-0.3, -0.25) is 4.79 Å². The average molecular weight is 190 g/mol. The monoisotopic (exact) mass is 190 g/mol. The highest BCUT2D eigenvalue weighted by atomic mass is 16.1. The van der Waals surface area contributed by atoms with Gasteiger partial charge in [0, 0.05) is 11.9 Å². The van der Waals surface area contributed by atoms with E-state index >= 15 is 0 Å². The largest absolute Gasteiger partial charge is 0.274 e. The van der Waals surface area contributed by atoms with Crippen molar-refractivity contribution in [2.24, 2.45) is 0 Å². The van der Waals surface area contributed by atoms with Gasteiger partial charge in [-0.1, -0.05) is 25.6 Å². The average Bonchev–Trinajstić information content (AvgIpc) is 2.19. The van der Waals surface area contributed by atoms with Crippen LogP contribution in [0.1, 0.15) is 14.4 Å². The maximum absolute atomic E-state index is 11.7. The van der Waals surface area contributed by atoms with E-state index in [1.165, 1.54) is 4.68 Å². The Morgan fingerprint density at radius 2 is 2.07 bits per heavy atom. The molecule has 0 radical (unpaired) electrons. The molecule has 0 atom stereocenters. The van der Waals surface area contributed by atoms with E-state index in [4.69, 9.17) is 0 Å². The minimum atomic E-state index is -0.0133. The third kappa shape index (κ3) is 1.53. The highest BCUT2D eigenvalue weighted by Crippen LogP contribution is 2.05. The lowest BCUT2D eigenvalue weighted by molar-refractivity contribution is 0.623. The molecule has 0 fully saturated rings. The number of aryl methyl sites for hydroxylation is 1. The number of nitrogens with zero attached hydrogens (tertiary/aromatic N) is 2.